The summed E-state index contributed by atoms with van der Waals surface area (Å²) in [5.74, 6) is 2.16. The first-order chi connectivity index (χ1) is 17.3. The maximum atomic E-state index is 13.2. The van der Waals surface area contributed by atoms with Crippen molar-refractivity contribution in [2.24, 2.45) is 0 Å². The topological polar surface area (TPSA) is 90.9 Å². The maximum Gasteiger partial charge on any atom is 0.273 e. The van der Waals surface area contributed by atoms with Gasteiger partial charge >= 0.3 is 0 Å². The van der Waals surface area contributed by atoms with Crippen LogP contribution in [0.5, 0.6) is 5.75 Å². The highest BCUT2D eigenvalue weighted by Crippen LogP contribution is 2.33. The van der Waals surface area contributed by atoms with Crippen molar-refractivity contribution in [2.75, 3.05) is 36.4 Å². The molecular formula is C27H36N6O3. The number of hydrogen-bond donors (Lipinski definition) is 1. The number of carbonyl (C=O) groups is 2. The van der Waals surface area contributed by atoms with Crippen molar-refractivity contribution in [3.63, 3.8) is 0 Å². The molecule has 3 heterocycles. The molecule has 5 rings (SSSR count). The molecule has 2 aliphatic heterocycles. The van der Waals surface area contributed by atoms with Crippen LogP contribution in [-0.4, -0.2) is 69.9 Å². The van der Waals surface area contributed by atoms with Gasteiger partial charge in [0.1, 0.15) is 17.3 Å². The largest absolute Gasteiger partial charge is 0.490 e. The van der Waals surface area contributed by atoms with Crippen molar-refractivity contribution in [1.29, 1.82) is 0 Å². The van der Waals surface area contributed by atoms with Gasteiger partial charge in [0, 0.05) is 50.7 Å². The zero-order valence-corrected chi connectivity index (χ0v) is 21.7. The Morgan fingerprint density at radius 1 is 1.06 bits per heavy atom. The number of ether oxygens (including phenoxy) is 1. The number of fused-ring (bicyclic) bond motifs is 1. The van der Waals surface area contributed by atoms with Crippen molar-refractivity contribution in [2.45, 2.75) is 71.7 Å². The minimum absolute atomic E-state index is 0.0210. The number of aromatic nitrogens is 2. The third-order valence-corrected chi connectivity index (χ3v) is 7.51. The molecular weight excluding hydrogens is 456 g/mol. The van der Waals surface area contributed by atoms with E-state index in [1.165, 1.54) is 6.42 Å². The van der Waals surface area contributed by atoms with E-state index in [2.05, 4.69) is 29.3 Å². The standard InChI is InChI=1S/C27H36N6O3/c1-17(2)33-16-23-24(26(33)35)29-27(32-14-12-31(13-15-32)19(4)34)30-25(23)28-18(3)20-8-10-22(11-9-20)36-21-6-5-7-21/h8-11,17-18,21H,5-7,12-16H2,1-4H3,(H,28,29,30). The van der Waals surface area contributed by atoms with Crippen molar-refractivity contribution in [3.8, 4) is 5.75 Å². The molecule has 36 heavy (non-hydrogen) atoms. The summed E-state index contributed by atoms with van der Waals surface area (Å²) in [6.45, 7) is 10.7. The number of rotatable bonds is 7. The average Bonchev–Trinajstić information content (AvgIpc) is 3.19. The Morgan fingerprint density at radius 3 is 2.33 bits per heavy atom. The Bertz CT molecular complexity index is 1120. The molecule has 1 atom stereocenters. The fourth-order valence-electron chi connectivity index (χ4n) is 4.88. The number of piperazine rings is 1. The van der Waals surface area contributed by atoms with E-state index in [0.29, 0.717) is 56.3 Å². The van der Waals surface area contributed by atoms with Gasteiger partial charge in [-0.2, -0.15) is 4.98 Å². The second-order valence-electron chi connectivity index (χ2n) is 10.3. The summed E-state index contributed by atoms with van der Waals surface area (Å²) in [6, 6.07) is 8.27. The zero-order chi connectivity index (χ0) is 25.4. The lowest BCUT2D eigenvalue weighted by Gasteiger charge is -2.34. The number of anilines is 2. The van der Waals surface area contributed by atoms with E-state index in [-0.39, 0.29) is 23.9 Å². The Kier molecular flexibility index (Phi) is 6.73. The summed E-state index contributed by atoms with van der Waals surface area (Å²) in [4.78, 5) is 40.3. The first-order valence-electron chi connectivity index (χ1n) is 13.1. The number of nitrogens with zero attached hydrogens (tertiary/aromatic N) is 5. The SMILES string of the molecule is CC(=O)N1CCN(c2nc(NC(C)c3ccc(OC4CCC4)cc3)c3c(n2)C(=O)N(C(C)C)C3)CC1. The van der Waals surface area contributed by atoms with Gasteiger partial charge in [-0.25, -0.2) is 4.98 Å². The molecule has 2 fully saturated rings. The van der Waals surface area contributed by atoms with Crippen LogP contribution in [0.3, 0.4) is 0 Å². The molecule has 1 aromatic heterocycles. The van der Waals surface area contributed by atoms with Crippen molar-refractivity contribution in [3.05, 3.63) is 41.1 Å². The minimum atomic E-state index is -0.0563. The molecule has 2 amide bonds. The molecule has 2 aromatic rings. The van der Waals surface area contributed by atoms with Gasteiger partial charge in [-0.15, -0.1) is 0 Å². The lowest BCUT2D eigenvalue weighted by Crippen LogP contribution is -2.48. The van der Waals surface area contributed by atoms with Crippen LogP contribution in [0.15, 0.2) is 24.3 Å². The molecule has 1 unspecified atom stereocenters. The highest BCUT2D eigenvalue weighted by Gasteiger charge is 2.35. The van der Waals surface area contributed by atoms with E-state index in [4.69, 9.17) is 14.7 Å². The first kappa shape index (κ1) is 24.3. The van der Waals surface area contributed by atoms with Crippen LogP contribution in [0.1, 0.15) is 74.6 Å². The van der Waals surface area contributed by atoms with E-state index in [1.54, 1.807) is 6.92 Å². The third kappa shape index (κ3) is 4.83. The molecule has 0 bridgehead atoms. The van der Waals surface area contributed by atoms with E-state index < -0.39 is 0 Å². The van der Waals surface area contributed by atoms with Crippen LogP contribution in [-0.2, 0) is 11.3 Å². The van der Waals surface area contributed by atoms with Gasteiger partial charge in [-0.3, -0.25) is 9.59 Å². The third-order valence-electron chi connectivity index (χ3n) is 7.51. The molecule has 1 N–H and O–H groups in total. The molecule has 9 heteroatoms. The molecule has 192 valence electrons. The quantitative estimate of drug-likeness (QED) is 0.631. The molecule has 1 saturated carbocycles. The normalized spacial score (nSPS) is 18.8. The lowest BCUT2D eigenvalue weighted by atomic mass is 9.96. The number of carbonyl (C=O) groups excluding carboxylic acids is 2. The van der Waals surface area contributed by atoms with Crippen molar-refractivity contribution >= 4 is 23.6 Å². The van der Waals surface area contributed by atoms with E-state index in [9.17, 15) is 9.59 Å². The van der Waals surface area contributed by atoms with E-state index >= 15 is 0 Å². The fourth-order valence-corrected chi connectivity index (χ4v) is 4.88. The van der Waals surface area contributed by atoms with Gasteiger partial charge in [-0.05, 0) is 57.7 Å². The molecule has 1 aliphatic carbocycles. The van der Waals surface area contributed by atoms with Gasteiger partial charge in [0.05, 0.1) is 12.6 Å². The Hall–Kier alpha value is -3.36. The average molecular weight is 493 g/mol. The Labute approximate surface area is 212 Å². The highest BCUT2D eigenvalue weighted by molar-refractivity contribution is 5.98. The van der Waals surface area contributed by atoms with Gasteiger partial charge in [-0.1, -0.05) is 12.1 Å². The highest BCUT2D eigenvalue weighted by atomic mass is 16.5. The second kappa shape index (κ2) is 9.95. The minimum Gasteiger partial charge on any atom is -0.490 e. The second-order valence-corrected chi connectivity index (χ2v) is 10.3. The molecule has 1 saturated heterocycles. The number of amides is 2. The lowest BCUT2D eigenvalue weighted by molar-refractivity contribution is -0.129. The van der Waals surface area contributed by atoms with Gasteiger partial charge in [0.15, 0.2) is 0 Å². The molecule has 0 spiro atoms. The smallest absolute Gasteiger partial charge is 0.273 e. The van der Waals surface area contributed by atoms with E-state index in [1.807, 2.05) is 35.8 Å². The predicted molar refractivity (Wildman–Crippen MR) is 138 cm³/mol. The first-order valence-corrected chi connectivity index (χ1v) is 13.1. The van der Waals surface area contributed by atoms with Gasteiger partial charge in [0.25, 0.3) is 5.91 Å². The van der Waals surface area contributed by atoms with Crippen molar-refractivity contribution in [1.82, 2.24) is 19.8 Å². The Morgan fingerprint density at radius 2 is 1.75 bits per heavy atom. The van der Waals surface area contributed by atoms with Crippen LogP contribution in [0, 0.1) is 0 Å². The molecule has 0 radical (unpaired) electrons. The number of hydrogen-bond acceptors (Lipinski definition) is 7. The monoisotopic (exact) mass is 492 g/mol. The summed E-state index contributed by atoms with van der Waals surface area (Å²) in [5.41, 5.74) is 2.43. The van der Waals surface area contributed by atoms with Crippen molar-refractivity contribution < 1.29 is 14.3 Å². The molecule has 1 aromatic carbocycles. The molecule has 9 nitrogen and oxygen atoms in total. The summed E-state index contributed by atoms with van der Waals surface area (Å²) < 4.78 is 6.00. The van der Waals surface area contributed by atoms with Crippen LogP contribution >= 0.6 is 0 Å². The van der Waals surface area contributed by atoms with E-state index in [0.717, 1.165) is 29.7 Å². The number of nitrogens with one attached hydrogen (secondary N) is 1. The fraction of sp³-hybridized carbons (Fsp3) is 0.556. The maximum absolute atomic E-state index is 13.2. The zero-order valence-electron chi connectivity index (χ0n) is 21.7. The summed E-state index contributed by atoms with van der Waals surface area (Å²) in [7, 11) is 0. The van der Waals surface area contributed by atoms with Gasteiger partial charge < -0.3 is 24.8 Å². The van der Waals surface area contributed by atoms with Gasteiger partial charge in [0.2, 0.25) is 11.9 Å². The summed E-state index contributed by atoms with van der Waals surface area (Å²) in [6.07, 6.45) is 3.87. The van der Waals surface area contributed by atoms with Crippen LogP contribution < -0.4 is 15.0 Å². The predicted octanol–water partition coefficient (Wildman–Crippen LogP) is 3.61. The van der Waals surface area contributed by atoms with Crippen LogP contribution in [0.2, 0.25) is 0 Å². The Balaban J connectivity index is 1.38. The molecule has 3 aliphatic rings. The van der Waals surface area contributed by atoms with Crippen LogP contribution in [0.25, 0.3) is 0 Å². The summed E-state index contributed by atoms with van der Waals surface area (Å²) >= 11 is 0. The summed E-state index contributed by atoms with van der Waals surface area (Å²) in [5, 5.41) is 3.57. The number of benzene rings is 1. The van der Waals surface area contributed by atoms with Crippen LogP contribution in [0.4, 0.5) is 11.8 Å².